The van der Waals surface area contributed by atoms with Gasteiger partial charge in [-0.25, -0.2) is 0 Å². The molecule has 146 valence electrons. The van der Waals surface area contributed by atoms with E-state index in [0.29, 0.717) is 23.7 Å². The average molecular weight is 381 g/mol. The third-order valence-corrected chi connectivity index (χ3v) is 3.83. The van der Waals surface area contributed by atoms with Gasteiger partial charge in [-0.2, -0.15) is 13.2 Å². The van der Waals surface area contributed by atoms with E-state index in [1.54, 1.807) is 19.2 Å². The van der Waals surface area contributed by atoms with Crippen LogP contribution in [0.25, 0.3) is 0 Å². The smallest absolute Gasteiger partial charge is 0.416 e. The quantitative estimate of drug-likeness (QED) is 0.739. The topological polar surface area (TPSA) is 47.6 Å². The number of rotatable bonds is 8. The molecule has 0 atom stereocenters. The number of amides is 1. The molecule has 0 aliphatic carbocycles. The molecule has 0 bridgehead atoms. The summed E-state index contributed by atoms with van der Waals surface area (Å²) in [5.74, 6) is 0.942. The van der Waals surface area contributed by atoms with Crippen LogP contribution in [0.5, 0.6) is 11.5 Å². The van der Waals surface area contributed by atoms with Crippen molar-refractivity contribution < 1.29 is 27.4 Å². The number of carbonyl (C=O) groups excluding carboxylic acids is 1. The molecule has 0 heterocycles. The van der Waals surface area contributed by atoms with Crippen molar-refractivity contribution in [3.8, 4) is 11.5 Å². The molecule has 4 nitrogen and oxygen atoms in total. The van der Waals surface area contributed by atoms with Crippen LogP contribution in [-0.4, -0.2) is 19.6 Å². The van der Waals surface area contributed by atoms with Crippen molar-refractivity contribution >= 4 is 5.91 Å². The summed E-state index contributed by atoms with van der Waals surface area (Å²) >= 11 is 0. The summed E-state index contributed by atoms with van der Waals surface area (Å²) in [7, 11) is 1.54. The zero-order valence-electron chi connectivity index (χ0n) is 15.2. The van der Waals surface area contributed by atoms with Gasteiger partial charge < -0.3 is 14.8 Å². The van der Waals surface area contributed by atoms with Crippen LogP contribution in [0.15, 0.2) is 42.5 Å². The maximum Gasteiger partial charge on any atom is 0.416 e. The van der Waals surface area contributed by atoms with Gasteiger partial charge in [0.2, 0.25) is 5.91 Å². The van der Waals surface area contributed by atoms with E-state index in [2.05, 4.69) is 5.32 Å². The van der Waals surface area contributed by atoms with Crippen molar-refractivity contribution in [1.29, 1.82) is 0 Å². The predicted octanol–water partition coefficient (Wildman–Crippen LogP) is 4.36. The zero-order chi connectivity index (χ0) is 19.9. The molecule has 0 aliphatic heterocycles. The Hall–Kier alpha value is -2.70. The summed E-state index contributed by atoms with van der Waals surface area (Å²) in [5.41, 5.74) is 0.613. The monoisotopic (exact) mass is 381 g/mol. The molecule has 1 N–H and O–H groups in total. The van der Waals surface area contributed by atoms with Crippen molar-refractivity contribution in [2.45, 2.75) is 32.5 Å². The highest BCUT2D eigenvalue weighted by Gasteiger charge is 2.29. The van der Waals surface area contributed by atoms with Crippen molar-refractivity contribution in [3.05, 3.63) is 59.2 Å². The van der Waals surface area contributed by atoms with Gasteiger partial charge in [0.15, 0.2) is 11.5 Å². The van der Waals surface area contributed by atoms with Crippen LogP contribution in [0, 0.1) is 0 Å². The number of carbonyl (C=O) groups is 1. The van der Waals surface area contributed by atoms with E-state index in [1.807, 2.05) is 13.0 Å². The van der Waals surface area contributed by atoms with Crippen LogP contribution >= 0.6 is 0 Å². The lowest BCUT2D eigenvalue weighted by Gasteiger charge is -2.12. The fraction of sp³-hybridized carbons (Fsp3) is 0.350. The van der Waals surface area contributed by atoms with Gasteiger partial charge in [-0.1, -0.05) is 25.1 Å². The van der Waals surface area contributed by atoms with Crippen LogP contribution < -0.4 is 14.8 Å². The predicted molar refractivity (Wildman–Crippen MR) is 95.8 cm³/mol. The van der Waals surface area contributed by atoms with Crippen LogP contribution in [0.3, 0.4) is 0 Å². The van der Waals surface area contributed by atoms with Gasteiger partial charge >= 0.3 is 6.18 Å². The number of benzene rings is 2. The molecule has 2 aromatic carbocycles. The molecular weight excluding hydrogens is 359 g/mol. The maximum absolute atomic E-state index is 12.6. The summed E-state index contributed by atoms with van der Waals surface area (Å²) in [6.07, 6.45) is -3.50. The molecule has 0 fully saturated rings. The fourth-order valence-electron chi connectivity index (χ4n) is 2.41. The molecule has 0 unspecified atom stereocenters. The lowest BCUT2D eigenvalue weighted by molar-refractivity contribution is -0.137. The second kappa shape index (κ2) is 9.30. The molecule has 0 saturated heterocycles. The van der Waals surface area contributed by atoms with Gasteiger partial charge in [0.25, 0.3) is 0 Å². The SMILES string of the molecule is CCCOc1ccc(CNC(=O)Cc2ccc(C(F)(F)F)cc2)cc1OC. The highest BCUT2D eigenvalue weighted by Crippen LogP contribution is 2.29. The van der Waals surface area contributed by atoms with E-state index in [4.69, 9.17) is 9.47 Å². The Kier molecular flexibility index (Phi) is 7.10. The van der Waals surface area contributed by atoms with Gasteiger partial charge in [0, 0.05) is 6.54 Å². The molecular formula is C20H22F3NO3. The van der Waals surface area contributed by atoms with Gasteiger partial charge in [0.05, 0.1) is 25.7 Å². The Morgan fingerprint density at radius 1 is 1.04 bits per heavy atom. The minimum absolute atomic E-state index is 0.00691. The Labute approximate surface area is 156 Å². The lowest BCUT2D eigenvalue weighted by Crippen LogP contribution is -2.24. The minimum Gasteiger partial charge on any atom is -0.493 e. The molecule has 27 heavy (non-hydrogen) atoms. The first-order chi connectivity index (χ1) is 12.8. The van der Waals surface area contributed by atoms with E-state index >= 15 is 0 Å². The highest BCUT2D eigenvalue weighted by molar-refractivity contribution is 5.78. The van der Waals surface area contributed by atoms with Crippen molar-refractivity contribution in [2.24, 2.45) is 0 Å². The average Bonchev–Trinajstić information content (AvgIpc) is 2.64. The van der Waals surface area contributed by atoms with Crippen molar-refractivity contribution in [2.75, 3.05) is 13.7 Å². The molecule has 0 radical (unpaired) electrons. The molecule has 2 aromatic rings. The summed E-state index contributed by atoms with van der Waals surface area (Å²) in [6.45, 7) is 2.87. The standard InChI is InChI=1S/C20H22F3NO3/c1-3-10-27-17-9-6-15(11-18(17)26-2)13-24-19(25)12-14-4-7-16(8-5-14)20(21,22)23/h4-9,11H,3,10,12-13H2,1-2H3,(H,24,25). The van der Waals surface area contributed by atoms with E-state index in [0.717, 1.165) is 24.1 Å². The largest absolute Gasteiger partial charge is 0.493 e. The van der Waals surface area contributed by atoms with Crippen molar-refractivity contribution in [3.63, 3.8) is 0 Å². The maximum atomic E-state index is 12.6. The van der Waals surface area contributed by atoms with E-state index in [1.165, 1.54) is 12.1 Å². The number of ether oxygens (including phenoxy) is 2. The van der Waals surface area contributed by atoms with Crippen LogP contribution in [0.2, 0.25) is 0 Å². The van der Waals surface area contributed by atoms with Crippen LogP contribution in [-0.2, 0) is 23.9 Å². The zero-order valence-corrected chi connectivity index (χ0v) is 15.2. The van der Waals surface area contributed by atoms with Gasteiger partial charge in [0.1, 0.15) is 0 Å². The van der Waals surface area contributed by atoms with Crippen LogP contribution in [0.1, 0.15) is 30.0 Å². The van der Waals surface area contributed by atoms with E-state index in [-0.39, 0.29) is 18.9 Å². The number of nitrogens with one attached hydrogen (secondary N) is 1. The molecule has 1 amide bonds. The van der Waals surface area contributed by atoms with Gasteiger partial charge in [-0.05, 0) is 41.8 Å². The third kappa shape index (κ3) is 6.20. The molecule has 0 aliphatic rings. The number of hydrogen-bond donors (Lipinski definition) is 1. The molecule has 0 saturated carbocycles. The van der Waals surface area contributed by atoms with Crippen LogP contribution in [0.4, 0.5) is 13.2 Å². The first-order valence-corrected chi connectivity index (χ1v) is 8.56. The highest BCUT2D eigenvalue weighted by atomic mass is 19.4. The third-order valence-electron chi connectivity index (χ3n) is 3.83. The summed E-state index contributed by atoms with van der Waals surface area (Å²) in [6, 6.07) is 9.96. The first-order valence-electron chi connectivity index (χ1n) is 8.56. The summed E-state index contributed by atoms with van der Waals surface area (Å²) in [5, 5.41) is 2.75. The lowest BCUT2D eigenvalue weighted by atomic mass is 10.1. The van der Waals surface area contributed by atoms with E-state index < -0.39 is 11.7 Å². The number of halogens is 3. The van der Waals surface area contributed by atoms with Gasteiger partial charge in [-0.3, -0.25) is 4.79 Å². The second-order valence-electron chi connectivity index (χ2n) is 5.98. The first kappa shape index (κ1) is 20.6. The van der Waals surface area contributed by atoms with Gasteiger partial charge in [-0.15, -0.1) is 0 Å². The Balaban J connectivity index is 1.91. The summed E-state index contributed by atoms with van der Waals surface area (Å²) < 4.78 is 48.5. The second-order valence-corrected chi connectivity index (χ2v) is 5.98. The fourth-order valence-corrected chi connectivity index (χ4v) is 2.41. The summed E-state index contributed by atoms with van der Waals surface area (Å²) in [4.78, 5) is 12.0. The Morgan fingerprint density at radius 3 is 2.30 bits per heavy atom. The number of methoxy groups -OCH3 is 1. The molecule has 0 aromatic heterocycles. The van der Waals surface area contributed by atoms with E-state index in [9.17, 15) is 18.0 Å². The van der Waals surface area contributed by atoms with Crippen molar-refractivity contribution in [1.82, 2.24) is 5.32 Å². The normalized spacial score (nSPS) is 11.1. The molecule has 0 spiro atoms. The number of alkyl halides is 3. The molecule has 2 rings (SSSR count). The Bertz CT molecular complexity index is 758. The molecule has 7 heteroatoms. The number of hydrogen-bond acceptors (Lipinski definition) is 3. The minimum atomic E-state index is -4.38. The Morgan fingerprint density at radius 2 is 1.70 bits per heavy atom.